The second-order valence-corrected chi connectivity index (χ2v) is 4.56. The Balaban J connectivity index is 1.89. The molecule has 1 heterocycles. The van der Waals surface area contributed by atoms with Crippen LogP contribution in [0.1, 0.15) is 16.7 Å². The lowest BCUT2D eigenvalue weighted by atomic mass is 9.99. The van der Waals surface area contributed by atoms with Crippen LogP contribution < -0.4 is 4.57 Å². The summed E-state index contributed by atoms with van der Waals surface area (Å²) in [5.74, 6) is 0.181. The number of hydrogen-bond acceptors (Lipinski definition) is 1. The van der Waals surface area contributed by atoms with Crippen molar-refractivity contribution >= 4 is 11.9 Å². The lowest BCUT2D eigenvalue weighted by Crippen LogP contribution is -2.34. The summed E-state index contributed by atoms with van der Waals surface area (Å²) in [6.45, 7) is 0.839. The number of fused-ring (bicyclic) bond motifs is 1. The number of hydrogen-bond donors (Lipinski definition) is 0. The van der Waals surface area contributed by atoms with Crippen LogP contribution in [0.2, 0.25) is 0 Å². The highest BCUT2D eigenvalue weighted by Crippen LogP contribution is 2.14. The zero-order valence-electron chi connectivity index (χ0n) is 10.0. The molecule has 0 saturated carbocycles. The Labute approximate surface area is 106 Å². The van der Waals surface area contributed by atoms with Gasteiger partial charge >= 0.3 is 0 Å². The fraction of sp³-hybridized carbons (Fsp3) is 0.125. The van der Waals surface area contributed by atoms with Crippen molar-refractivity contribution in [2.45, 2.75) is 13.0 Å². The van der Waals surface area contributed by atoms with Crippen molar-refractivity contribution in [3.8, 4) is 0 Å². The van der Waals surface area contributed by atoms with E-state index in [4.69, 9.17) is 0 Å². The molecule has 0 N–H and O–H groups in total. The molecule has 0 amide bonds. The highest BCUT2D eigenvalue weighted by Gasteiger charge is 2.14. The van der Waals surface area contributed by atoms with E-state index in [0.717, 1.165) is 17.7 Å². The predicted molar refractivity (Wildman–Crippen MR) is 69.9 cm³/mol. The Bertz CT molecular complexity index is 614. The Hall–Kier alpha value is -2.22. The third-order valence-electron chi connectivity index (χ3n) is 3.16. The van der Waals surface area contributed by atoms with Gasteiger partial charge in [-0.05, 0) is 11.6 Å². The first-order valence-corrected chi connectivity index (χ1v) is 6.08. The van der Waals surface area contributed by atoms with E-state index in [1.807, 2.05) is 24.3 Å². The molecule has 2 aromatic rings. The molecule has 2 heteroatoms. The van der Waals surface area contributed by atoms with E-state index in [2.05, 4.69) is 35.2 Å². The van der Waals surface area contributed by atoms with E-state index in [1.54, 1.807) is 6.08 Å². The van der Waals surface area contributed by atoms with Gasteiger partial charge in [0.05, 0.1) is 0 Å². The second kappa shape index (κ2) is 4.57. The molecule has 88 valence electrons. The van der Waals surface area contributed by atoms with Gasteiger partial charge in [0.25, 0.3) is 0 Å². The summed E-state index contributed by atoms with van der Waals surface area (Å²) < 4.78 is 2.13. The summed E-state index contributed by atoms with van der Waals surface area (Å²) in [5.41, 5.74) is 3.53. The summed E-state index contributed by atoms with van der Waals surface area (Å²) in [6.07, 6.45) is 8.20. The van der Waals surface area contributed by atoms with E-state index < -0.39 is 0 Å². The first-order chi connectivity index (χ1) is 8.81. The minimum absolute atomic E-state index is 0.181. The second-order valence-electron chi connectivity index (χ2n) is 4.56. The van der Waals surface area contributed by atoms with Gasteiger partial charge in [0.2, 0.25) is 0 Å². The molecule has 3 rings (SSSR count). The molecule has 18 heavy (non-hydrogen) atoms. The molecule has 1 aromatic carbocycles. The van der Waals surface area contributed by atoms with Gasteiger partial charge < -0.3 is 0 Å². The van der Waals surface area contributed by atoms with Gasteiger partial charge in [-0.1, -0.05) is 36.4 Å². The zero-order chi connectivity index (χ0) is 12.4. The van der Waals surface area contributed by atoms with Crippen molar-refractivity contribution in [3.63, 3.8) is 0 Å². The van der Waals surface area contributed by atoms with Crippen LogP contribution in [0.3, 0.4) is 0 Å². The van der Waals surface area contributed by atoms with Crippen LogP contribution in [0.5, 0.6) is 0 Å². The Kier molecular flexibility index (Phi) is 2.77. The van der Waals surface area contributed by atoms with Crippen molar-refractivity contribution in [1.29, 1.82) is 0 Å². The van der Waals surface area contributed by atoms with E-state index in [-0.39, 0.29) is 5.78 Å². The maximum atomic E-state index is 11.4. The number of benzene rings is 1. The Morgan fingerprint density at radius 1 is 1.06 bits per heavy atom. The number of nitrogens with zero attached hydrogens (tertiary/aromatic N) is 1. The molecule has 0 bridgehead atoms. The van der Waals surface area contributed by atoms with Gasteiger partial charge in [-0.25, -0.2) is 4.57 Å². The topological polar surface area (TPSA) is 20.9 Å². The highest BCUT2D eigenvalue weighted by molar-refractivity contribution is 5.98. The van der Waals surface area contributed by atoms with Crippen molar-refractivity contribution in [2.24, 2.45) is 0 Å². The summed E-state index contributed by atoms with van der Waals surface area (Å²) in [5, 5.41) is 0. The van der Waals surface area contributed by atoms with E-state index in [0.29, 0.717) is 6.42 Å². The number of carbonyl (C=O) groups excluding carboxylic acids is 1. The minimum Gasteiger partial charge on any atom is -0.294 e. The standard InChI is InChI=1S/C16H14NO/c18-16-7-6-14-8-9-17(12-15(14)10-16)11-13-4-2-1-3-5-13/h1-9,12H,10-11H2/q+1. The molecule has 1 aliphatic carbocycles. The molecule has 0 saturated heterocycles. The number of pyridine rings is 1. The molecule has 0 unspecified atom stereocenters. The number of rotatable bonds is 2. The molecular formula is C16H14NO+. The summed E-state index contributed by atoms with van der Waals surface area (Å²) in [4.78, 5) is 11.4. The van der Waals surface area contributed by atoms with Gasteiger partial charge in [-0.3, -0.25) is 4.79 Å². The first-order valence-electron chi connectivity index (χ1n) is 6.08. The molecule has 0 fully saturated rings. The van der Waals surface area contributed by atoms with Gasteiger partial charge in [0.15, 0.2) is 24.7 Å². The number of allylic oxidation sites excluding steroid dienone is 1. The normalized spacial score (nSPS) is 13.4. The molecule has 0 aliphatic heterocycles. The zero-order valence-corrected chi connectivity index (χ0v) is 10.0. The maximum Gasteiger partial charge on any atom is 0.173 e. The smallest absolute Gasteiger partial charge is 0.173 e. The fourth-order valence-electron chi connectivity index (χ4n) is 2.23. The van der Waals surface area contributed by atoms with Crippen LogP contribution in [-0.2, 0) is 17.8 Å². The summed E-state index contributed by atoms with van der Waals surface area (Å²) in [6, 6.07) is 12.4. The molecule has 1 aromatic heterocycles. The fourth-order valence-corrected chi connectivity index (χ4v) is 2.23. The van der Waals surface area contributed by atoms with Crippen LogP contribution in [0, 0.1) is 0 Å². The van der Waals surface area contributed by atoms with Crippen LogP contribution >= 0.6 is 0 Å². The summed E-state index contributed by atoms with van der Waals surface area (Å²) in [7, 11) is 0. The van der Waals surface area contributed by atoms with Crippen molar-refractivity contribution < 1.29 is 9.36 Å². The average Bonchev–Trinajstić information content (AvgIpc) is 2.39. The molecule has 1 aliphatic rings. The lowest BCUT2D eigenvalue weighted by molar-refractivity contribution is -0.688. The van der Waals surface area contributed by atoms with Crippen molar-refractivity contribution in [3.05, 3.63) is 71.6 Å². The van der Waals surface area contributed by atoms with Crippen molar-refractivity contribution in [2.75, 3.05) is 0 Å². The van der Waals surface area contributed by atoms with E-state index >= 15 is 0 Å². The van der Waals surface area contributed by atoms with Gasteiger partial charge in [0.1, 0.15) is 0 Å². The Morgan fingerprint density at radius 2 is 1.89 bits per heavy atom. The van der Waals surface area contributed by atoms with Crippen LogP contribution in [0.15, 0.2) is 54.9 Å². The lowest BCUT2D eigenvalue weighted by Gasteiger charge is -2.07. The number of ketones is 1. The minimum atomic E-state index is 0.181. The van der Waals surface area contributed by atoms with Crippen molar-refractivity contribution in [1.82, 2.24) is 0 Å². The first kappa shape index (κ1) is 10.9. The molecule has 0 spiro atoms. The number of carbonyl (C=O) groups is 1. The van der Waals surface area contributed by atoms with Crippen LogP contribution in [-0.4, -0.2) is 5.78 Å². The predicted octanol–water partition coefficient (Wildman–Crippen LogP) is 2.16. The molecule has 0 atom stereocenters. The Morgan fingerprint density at radius 3 is 2.72 bits per heavy atom. The third-order valence-corrected chi connectivity index (χ3v) is 3.16. The SMILES string of the molecule is O=C1C=Cc2cc[n+](Cc3ccccc3)cc2C1. The van der Waals surface area contributed by atoms with Gasteiger partial charge in [-0.15, -0.1) is 0 Å². The monoisotopic (exact) mass is 236 g/mol. The third kappa shape index (κ3) is 2.23. The quantitative estimate of drug-likeness (QED) is 0.732. The van der Waals surface area contributed by atoms with Crippen LogP contribution in [0.4, 0.5) is 0 Å². The maximum absolute atomic E-state index is 11.4. The largest absolute Gasteiger partial charge is 0.294 e. The van der Waals surface area contributed by atoms with Gasteiger partial charge in [0, 0.05) is 23.6 Å². The molecule has 2 nitrogen and oxygen atoms in total. The van der Waals surface area contributed by atoms with E-state index in [1.165, 1.54) is 5.56 Å². The highest BCUT2D eigenvalue weighted by atomic mass is 16.1. The molecule has 0 radical (unpaired) electrons. The van der Waals surface area contributed by atoms with Crippen LogP contribution in [0.25, 0.3) is 6.08 Å². The summed E-state index contributed by atoms with van der Waals surface area (Å²) >= 11 is 0. The molecular weight excluding hydrogens is 222 g/mol. The van der Waals surface area contributed by atoms with E-state index in [9.17, 15) is 4.79 Å². The average molecular weight is 236 g/mol. The number of aromatic nitrogens is 1. The van der Waals surface area contributed by atoms with Gasteiger partial charge in [-0.2, -0.15) is 0 Å².